The summed E-state index contributed by atoms with van der Waals surface area (Å²) >= 11 is 0. The number of nitrogens with one attached hydrogen (secondary N) is 3. The molecule has 2 atom stereocenters. The molecule has 0 saturated heterocycles. The van der Waals surface area contributed by atoms with E-state index in [9.17, 15) is 28.3 Å². The molecular weight excluding hydrogens is 536 g/mol. The van der Waals surface area contributed by atoms with Crippen LogP contribution in [0.25, 0.3) is 0 Å². The molecule has 0 radical (unpaired) electrons. The van der Waals surface area contributed by atoms with E-state index in [1.165, 1.54) is 25.3 Å². The molecule has 2 amide bonds. The van der Waals surface area contributed by atoms with Crippen LogP contribution in [0.2, 0.25) is 0 Å². The van der Waals surface area contributed by atoms with Gasteiger partial charge >= 0.3 is 6.09 Å². The number of alkyl halides is 1. The molecule has 41 heavy (non-hydrogen) atoms. The summed E-state index contributed by atoms with van der Waals surface area (Å²) in [5.74, 6) is -2.75. The SMILES string of the molecule is COCC(c1ccc(O)c(NC(=O)C(OC(=O)NCc2ccccc2)C2CCC(F)CC2)c1)c1cc(F)c[nH]c1=O. The number of H-pyrrole nitrogens is 1. The Balaban J connectivity index is 1.55. The van der Waals surface area contributed by atoms with E-state index in [4.69, 9.17) is 9.47 Å². The highest BCUT2D eigenvalue weighted by molar-refractivity contribution is 5.96. The molecule has 0 bridgehead atoms. The van der Waals surface area contributed by atoms with Crippen molar-refractivity contribution in [3.05, 3.63) is 93.7 Å². The van der Waals surface area contributed by atoms with E-state index in [0.29, 0.717) is 18.4 Å². The minimum atomic E-state index is -1.25. The van der Waals surface area contributed by atoms with Crippen molar-refractivity contribution in [1.29, 1.82) is 0 Å². The number of halogens is 2. The number of aromatic amines is 1. The fraction of sp³-hybridized carbons (Fsp3) is 0.367. The maximum absolute atomic E-state index is 13.9. The van der Waals surface area contributed by atoms with E-state index < -0.39 is 47.5 Å². The Morgan fingerprint density at radius 3 is 2.54 bits per heavy atom. The highest BCUT2D eigenvalue weighted by Gasteiger charge is 2.35. The molecule has 1 fully saturated rings. The van der Waals surface area contributed by atoms with Gasteiger partial charge in [-0.1, -0.05) is 36.4 Å². The molecule has 4 N–H and O–H groups in total. The number of carbonyl (C=O) groups is 2. The smallest absolute Gasteiger partial charge is 0.408 e. The van der Waals surface area contributed by atoms with Gasteiger partial charge in [0.1, 0.15) is 17.7 Å². The van der Waals surface area contributed by atoms with Crippen LogP contribution in [-0.4, -0.2) is 48.1 Å². The number of aromatic nitrogens is 1. The van der Waals surface area contributed by atoms with Crippen molar-refractivity contribution in [3.8, 4) is 5.75 Å². The van der Waals surface area contributed by atoms with Crippen molar-refractivity contribution in [2.45, 2.75) is 50.4 Å². The molecule has 11 heteroatoms. The third kappa shape index (κ3) is 7.91. The fourth-order valence-electron chi connectivity index (χ4n) is 5.01. The monoisotopic (exact) mass is 569 g/mol. The molecule has 0 spiro atoms. The number of anilines is 1. The number of hydrogen-bond acceptors (Lipinski definition) is 6. The van der Waals surface area contributed by atoms with Gasteiger partial charge in [0.2, 0.25) is 0 Å². The average molecular weight is 570 g/mol. The molecule has 1 saturated carbocycles. The summed E-state index contributed by atoms with van der Waals surface area (Å²) < 4.78 is 38.6. The molecule has 0 aliphatic heterocycles. The van der Waals surface area contributed by atoms with Crippen molar-refractivity contribution in [2.24, 2.45) is 5.92 Å². The third-order valence-corrected chi connectivity index (χ3v) is 7.19. The second-order valence-corrected chi connectivity index (χ2v) is 10.1. The molecule has 1 aliphatic rings. The number of phenolic OH excluding ortho intramolecular Hbond substituents is 1. The molecule has 2 unspecified atom stereocenters. The lowest BCUT2D eigenvalue weighted by atomic mass is 9.84. The van der Waals surface area contributed by atoms with Gasteiger partial charge < -0.3 is 30.2 Å². The first-order valence-corrected chi connectivity index (χ1v) is 13.4. The zero-order chi connectivity index (χ0) is 29.4. The second-order valence-electron chi connectivity index (χ2n) is 10.1. The highest BCUT2D eigenvalue weighted by Crippen LogP contribution is 2.33. The van der Waals surface area contributed by atoms with Gasteiger partial charge in [-0.3, -0.25) is 9.59 Å². The summed E-state index contributed by atoms with van der Waals surface area (Å²) in [4.78, 5) is 40.9. The molecule has 3 aromatic rings. The molecule has 4 rings (SSSR count). The van der Waals surface area contributed by atoms with E-state index in [-0.39, 0.29) is 43.0 Å². The van der Waals surface area contributed by atoms with Crippen LogP contribution in [0.15, 0.2) is 65.6 Å². The maximum atomic E-state index is 13.9. The van der Waals surface area contributed by atoms with Crippen LogP contribution in [0.1, 0.15) is 48.3 Å². The lowest BCUT2D eigenvalue weighted by Gasteiger charge is -2.30. The summed E-state index contributed by atoms with van der Waals surface area (Å²) in [6, 6.07) is 14.6. The highest BCUT2D eigenvalue weighted by atomic mass is 19.1. The van der Waals surface area contributed by atoms with Gasteiger partial charge in [-0.2, -0.15) is 0 Å². The van der Waals surface area contributed by atoms with Gasteiger partial charge in [-0.15, -0.1) is 0 Å². The topological polar surface area (TPSA) is 130 Å². The number of methoxy groups -OCH3 is 1. The first kappa shape index (κ1) is 29.7. The van der Waals surface area contributed by atoms with E-state index in [1.54, 1.807) is 0 Å². The predicted octanol–water partition coefficient (Wildman–Crippen LogP) is 4.76. The normalized spacial score (nSPS) is 18.2. The van der Waals surface area contributed by atoms with Gasteiger partial charge in [0.25, 0.3) is 11.5 Å². The van der Waals surface area contributed by atoms with Crippen molar-refractivity contribution in [3.63, 3.8) is 0 Å². The van der Waals surface area contributed by atoms with Crippen LogP contribution in [0.5, 0.6) is 5.75 Å². The molecule has 9 nitrogen and oxygen atoms in total. The van der Waals surface area contributed by atoms with Gasteiger partial charge in [0.15, 0.2) is 6.10 Å². The Kier molecular flexibility index (Phi) is 10.1. The molecule has 1 aliphatic carbocycles. The number of pyridine rings is 1. The summed E-state index contributed by atoms with van der Waals surface area (Å²) in [6.45, 7) is 0.207. The first-order valence-electron chi connectivity index (χ1n) is 13.4. The Labute approximate surface area is 235 Å². The summed E-state index contributed by atoms with van der Waals surface area (Å²) in [5, 5.41) is 15.8. The number of hydrogen-bond donors (Lipinski definition) is 4. The van der Waals surface area contributed by atoms with Gasteiger partial charge in [0.05, 0.1) is 12.3 Å². The number of alkyl carbamates (subject to hydrolysis) is 1. The van der Waals surface area contributed by atoms with Crippen LogP contribution in [0, 0.1) is 11.7 Å². The Hall–Kier alpha value is -4.25. The third-order valence-electron chi connectivity index (χ3n) is 7.19. The minimum absolute atomic E-state index is 0.00101. The van der Waals surface area contributed by atoms with E-state index in [0.717, 1.165) is 17.8 Å². The minimum Gasteiger partial charge on any atom is -0.506 e. The first-order chi connectivity index (χ1) is 19.7. The lowest BCUT2D eigenvalue weighted by Crippen LogP contribution is -2.42. The lowest BCUT2D eigenvalue weighted by molar-refractivity contribution is -0.128. The number of carbonyl (C=O) groups excluding carboxylic acids is 2. The zero-order valence-electron chi connectivity index (χ0n) is 22.6. The number of benzene rings is 2. The van der Waals surface area contributed by atoms with Crippen molar-refractivity contribution in [1.82, 2.24) is 10.3 Å². The van der Waals surface area contributed by atoms with Crippen LogP contribution < -0.4 is 16.2 Å². The number of ether oxygens (including phenoxy) is 2. The Morgan fingerprint density at radius 1 is 1.10 bits per heavy atom. The number of aromatic hydroxyl groups is 1. The summed E-state index contributed by atoms with van der Waals surface area (Å²) in [5.41, 5.74) is 0.901. The molecular formula is C30H33F2N3O6. The zero-order valence-corrected chi connectivity index (χ0v) is 22.6. The van der Waals surface area contributed by atoms with E-state index in [1.807, 2.05) is 30.3 Å². The van der Waals surface area contributed by atoms with Crippen LogP contribution in [-0.2, 0) is 20.8 Å². The Bertz CT molecular complexity index is 1390. The van der Waals surface area contributed by atoms with Crippen LogP contribution >= 0.6 is 0 Å². The standard InChI is InChI=1S/C30H33F2N3O6/c1-40-17-24(23-14-22(32)16-33-28(23)37)20-9-12-26(36)25(13-20)35-29(38)27(19-7-10-21(31)11-8-19)41-30(39)34-15-18-5-3-2-4-6-18/h2-6,9,12-14,16,19,21,24,27,36H,7-8,10-11,15,17H2,1H3,(H,33,37)(H,34,39)(H,35,38). The molecule has 1 heterocycles. The average Bonchev–Trinajstić information content (AvgIpc) is 2.97. The van der Waals surface area contributed by atoms with Crippen LogP contribution in [0.4, 0.5) is 19.3 Å². The summed E-state index contributed by atoms with van der Waals surface area (Å²) in [7, 11) is 1.43. The molecule has 1 aromatic heterocycles. The van der Waals surface area contributed by atoms with Crippen molar-refractivity contribution >= 4 is 17.7 Å². The maximum Gasteiger partial charge on any atom is 0.408 e. The van der Waals surface area contributed by atoms with Crippen LogP contribution in [0.3, 0.4) is 0 Å². The number of rotatable bonds is 10. The molecule has 218 valence electrons. The van der Waals surface area contributed by atoms with Crippen molar-refractivity contribution in [2.75, 3.05) is 19.0 Å². The second kappa shape index (κ2) is 13.9. The van der Waals surface area contributed by atoms with Gasteiger partial charge in [0, 0.05) is 37.3 Å². The largest absolute Gasteiger partial charge is 0.506 e. The fourth-order valence-corrected chi connectivity index (χ4v) is 5.01. The van der Waals surface area contributed by atoms with Gasteiger partial charge in [-0.25, -0.2) is 13.6 Å². The number of phenols is 1. The van der Waals surface area contributed by atoms with E-state index >= 15 is 0 Å². The summed E-state index contributed by atoms with van der Waals surface area (Å²) in [6.07, 6.45) is -0.917. The predicted molar refractivity (Wildman–Crippen MR) is 148 cm³/mol. The quantitative estimate of drug-likeness (QED) is 0.261. The van der Waals surface area contributed by atoms with Crippen molar-refractivity contribution < 1.29 is 33.0 Å². The molecule has 2 aromatic carbocycles. The number of amides is 2. The van der Waals surface area contributed by atoms with Gasteiger partial charge in [-0.05, 0) is 55.0 Å². The Morgan fingerprint density at radius 2 is 1.83 bits per heavy atom. The van der Waals surface area contributed by atoms with E-state index in [2.05, 4.69) is 15.6 Å².